The minimum absolute atomic E-state index is 0.503. The number of urea groups is 1. The average Bonchev–Trinajstić information content (AvgIpc) is 2.95. The molecule has 162 valence electrons. The summed E-state index contributed by atoms with van der Waals surface area (Å²) in [5.74, 6) is -1.92. The van der Waals surface area contributed by atoms with Gasteiger partial charge in [-0.2, -0.15) is 0 Å². The van der Waals surface area contributed by atoms with Crippen molar-refractivity contribution in [2.24, 2.45) is 0 Å². The Bertz CT molecular complexity index is 1020. The number of esters is 1. The smallest absolute Gasteiger partial charge is 0.327 e. The van der Waals surface area contributed by atoms with E-state index in [1.165, 1.54) is 6.92 Å². The van der Waals surface area contributed by atoms with E-state index in [1.54, 1.807) is 37.3 Å². The van der Waals surface area contributed by atoms with Crippen LogP contribution in [0.3, 0.4) is 0 Å². The van der Waals surface area contributed by atoms with Crippen LogP contribution in [0.4, 0.5) is 10.5 Å². The highest BCUT2D eigenvalue weighted by atomic mass is 16.5. The van der Waals surface area contributed by atoms with Gasteiger partial charge < -0.3 is 15.4 Å². The Hall–Kier alpha value is -3.68. The number of hydrogen-bond donors (Lipinski definition) is 2. The molecule has 2 aromatic rings. The first-order valence-corrected chi connectivity index (χ1v) is 9.89. The molecule has 1 saturated heterocycles. The molecule has 1 heterocycles. The second kappa shape index (κ2) is 8.59. The predicted molar refractivity (Wildman–Crippen MR) is 114 cm³/mol. The highest BCUT2D eigenvalue weighted by molar-refractivity contribution is 6.09. The zero-order valence-electron chi connectivity index (χ0n) is 17.9. The number of rotatable bonds is 6. The number of imide groups is 1. The Morgan fingerprint density at radius 3 is 2.29 bits per heavy atom. The van der Waals surface area contributed by atoms with Gasteiger partial charge in [0.25, 0.3) is 11.8 Å². The normalized spacial score (nSPS) is 19.0. The zero-order chi connectivity index (χ0) is 22.8. The summed E-state index contributed by atoms with van der Waals surface area (Å²) in [5, 5.41) is 5.38. The second-order valence-electron chi connectivity index (χ2n) is 7.70. The quantitative estimate of drug-likeness (QED) is 0.549. The van der Waals surface area contributed by atoms with Gasteiger partial charge in [-0.25, -0.2) is 4.79 Å². The first kappa shape index (κ1) is 22.0. The molecule has 0 aliphatic carbocycles. The molecule has 2 atom stereocenters. The van der Waals surface area contributed by atoms with Gasteiger partial charge >= 0.3 is 12.0 Å². The summed E-state index contributed by atoms with van der Waals surface area (Å²) < 4.78 is 5.17. The lowest BCUT2D eigenvalue weighted by atomic mass is 9.92. The highest BCUT2D eigenvalue weighted by Gasteiger charge is 2.49. The molecule has 2 N–H and O–H groups in total. The van der Waals surface area contributed by atoms with Gasteiger partial charge in [-0.3, -0.25) is 19.3 Å². The minimum atomic E-state index is -1.27. The number of carbonyl (C=O) groups is 4. The van der Waals surface area contributed by atoms with Crippen molar-refractivity contribution >= 4 is 29.5 Å². The van der Waals surface area contributed by atoms with E-state index in [0.29, 0.717) is 11.3 Å². The highest BCUT2D eigenvalue weighted by Crippen LogP contribution is 2.28. The molecule has 0 spiro atoms. The Morgan fingerprint density at radius 1 is 1.06 bits per heavy atom. The molecule has 8 heteroatoms. The van der Waals surface area contributed by atoms with Gasteiger partial charge in [0.1, 0.15) is 12.1 Å². The van der Waals surface area contributed by atoms with Crippen molar-refractivity contribution in [3.05, 3.63) is 65.2 Å². The summed E-state index contributed by atoms with van der Waals surface area (Å²) in [5.41, 5.74) is 1.75. The van der Waals surface area contributed by atoms with Gasteiger partial charge in [0.2, 0.25) is 0 Å². The van der Waals surface area contributed by atoms with E-state index < -0.39 is 42.0 Å². The fraction of sp³-hybridized carbons (Fsp3) is 0.304. The number of ether oxygens (including phenoxy) is 1. The second-order valence-corrected chi connectivity index (χ2v) is 7.70. The Kier molecular flexibility index (Phi) is 6.10. The van der Waals surface area contributed by atoms with E-state index in [1.807, 2.05) is 32.0 Å². The van der Waals surface area contributed by atoms with Crippen molar-refractivity contribution in [3.63, 3.8) is 0 Å². The fourth-order valence-electron chi connectivity index (χ4n) is 3.46. The first-order chi connectivity index (χ1) is 14.6. The van der Waals surface area contributed by atoms with E-state index in [9.17, 15) is 19.2 Å². The van der Waals surface area contributed by atoms with Crippen LogP contribution in [0.2, 0.25) is 0 Å². The molecule has 4 amide bonds. The van der Waals surface area contributed by atoms with Gasteiger partial charge in [0.15, 0.2) is 6.10 Å². The monoisotopic (exact) mass is 423 g/mol. The van der Waals surface area contributed by atoms with Crippen LogP contribution in [-0.2, 0) is 24.7 Å². The van der Waals surface area contributed by atoms with Gasteiger partial charge in [-0.05, 0) is 44.4 Å². The average molecular weight is 423 g/mol. The summed E-state index contributed by atoms with van der Waals surface area (Å²) in [7, 11) is 0. The van der Waals surface area contributed by atoms with Crippen LogP contribution in [0.5, 0.6) is 0 Å². The van der Waals surface area contributed by atoms with E-state index >= 15 is 0 Å². The summed E-state index contributed by atoms with van der Waals surface area (Å²) in [6.07, 6.45) is -1.10. The van der Waals surface area contributed by atoms with Gasteiger partial charge in [-0.15, -0.1) is 0 Å². The predicted octanol–water partition coefficient (Wildman–Crippen LogP) is 2.64. The molecule has 1 aliphatic rings. The molecule has 0 bridgehead atoms. The topological polar surface area (TPSA) is 105 Å². The van der Waals surface area contributed by atoms with Crippen molar-refractivity contribution in [2.45, 2.75) is 39.3 Å². The molecule has 1 aliphatic heterocycles. The van der Waals surface area contributed by atoms with Crippen molar-refractivity contribution in [1.29, 1.82) is 0 Å². The number of benzene rings is 2. The van der Waals surface area contributed by atoms with Crippen molar-refractivity contribution < 1.29 is 23.9 Å². The summed E-state index contributed by atoms with van der Waals surface area (Å²) in [6, 6.07) is 13.7. The Balaban J connectivity index is 1.63. The lowest BCUT2D eigenvalue weighted by Gasteiger charge is -2.22. The number of para-hydroxylation sites is 1. The molecule has 1 fully saturated rings. The van der Waals surface area contributed by atoms with E-state index in [-0.39, 0.29) is 0 Å². The van der Waals surface area contributed by atoms with E-state index in [2.05, 4.69) is 10.6 Å². The number of anilines is 1. The van der Waals surface area contributed by atoms with E-state index in [0.717, 1.165) is 16.0 Å². The van der Waals surface area contributed by atoms with Crippen LogP contribution < -0.4 is 10.6 Å². The molecule has 2 aromatic carbocycles. The molecular weight excluding hydrogens is 398 g/mol. The molecule has 31 heavy (non-hydrogen) atoms. The Morgan fingerprint density at radius 2 is 1.68 bits per heavy atom. The Labute approximate surface area is 180 Å². The molecule has 0 radical (unpaired) electrons. The van der Waals surface area contributed by atoms with E-state index in [4.69, 9.17) is 4.74 Å². The van der Waals surface area contributed by atoms with Crippen LogP contribution in [0.1, 0.15) is 30.5 Å². The maximum absolute atomic E-state index is 12.9. The standard InChI is InChI=1S/C23H25N3O5/c1-14-9-8-10-15(2)19(14)24-20(28)16(3)31-18(27)13-26-21(29)23(4,25-22(26)30)17-11-6-5-7-12-17/h5-12,16H,13H2,1-4H3,(H,24,28)(H,25,30)/t16-,23+/m1/s1. The lowest BCUT2D eigenvalue weighted by molar-refractivity contribution is -0.155. The minimum Gasteiger partial charge on any atom is -0.451 e. The summed E-state index contributed by atoms with van der Waals surface area (Å²) in [6.45, 7) is 6.14. The number of carbonyl (C=O) groups excluding carboxylic acids is 4. The van der Waals surface area contributed by atoms with Crippen LogP contribution in [0.15, 0.2) is 48.5 Å². The summed E-state index contributed by atoms with van der Waals surface area (Å²) in [4.78, 5) is 50.8. The number of amides is 4. The molecule has 0 unspecified atom stereocenters. The largest absolute Gasteiger partial charge is 0.451 e. The lowest BCUT2D eigenvalue weighted by Crippen LogP contribution is -2.42. The first-order valence-electron chi connectivity index (χ1n) is 9.89. The SMILES string of the molecule is Cc1cccc(C)c1NC(=O)[C@@H](C)OC(=O)CN1C(=O)N[C@@](C)(c2ccccc2)C1=O. The van der Waals surface area contributed by atoms with Gasteiger partial charge in [0.05, 0.1) is 0 Å². The summed E-state index contributed by atoms with van der Waals surface area (Å²) >= 11 is 0. The number of hydrogen-bond acceptors (Lipinski definition) is 5. The van der Waals surface area contributed by atoms with Crippen LogP contribution in [0.25, 0.3) is 0 Å². The van der Waals surface area contributed by atoms with Crippen molar-refractivity contribution in [2.75, 3.05) is 11.9 Å². The molecule has 3 rings (SSSR count). The van der Waals surface area contributed by atoms with Crippen molar-refractivity contribution in [3.8, 4) is 0 Å². The third-order valence-electron chi connectivity index (χ3n) is 5.32. The zero-order valence-corrected chi connectivity index (χ0v) is 17.9. The number of nitrogens with zero attached hydrogens (tertiary/aromatic N) is 1. The molecule has 8 nitrogen and oxygen atoms in total. The third kappa shape index (κ3) is 4.42. The molecule has 0 saturated carbocycles. The number of nitrogens with one attached hydrogen (secondary N) is 2. The number of aryl methyl sites for hydroxylation is 2. The molecular formula is C23H25N3O5. The van der Waals surface area contributed by atoms with Crippen molar-refractivity contribution in [1.82, 2.24) is 10.2 Å². The van der Waals surface area contributed by atoms with Gasteiger partial charge in [-0.1, -0.05) is 48.5 Å². The third-order valence-corrected chi connectivity index (χ3v) is 5.32. The fourth-order valence-corrected chi connectivity index (χ4v) is 3.46. The maximum Gasteiger partial charge on any atom is 0.327 e. The maximum atomic E-state index is 12.9. The van der Waals surface area contributed by atoms with Gasteiger partial charge in [0, 0.05) is 5.69 Å². The van der Waals surface area contributed by atoms with Crippen LogP contribution >= 0.6 is 0 Å². The molecule has 0 aromatic heterocycles. The van der Waals surface area contributed by atoms with Crippen LogP contribution in [-0.4, -0.2) is 41.4 Å². The van der Waals surface area contributed by atoms with Crippen LogP contribution in [0, 0.1) is 13.8 Å².